The van der Waals surface area contributed by atoms with Crippen LogP contribution >= 0.6 is 11.6 Å². The van der Waals surface area contributed by atoms with E-state index in [1.54, 1.807) is 6.33 Å². The Balaban J connectivity index is 1.51. The van der Waals surface area contributed by atoms with Crippen molar-refractivity contribution in [3.05, 3.63) is 89.7 Å². The van der Waals surface area contributed by atoms with E-state index in [1.807, 2.05) is 77.4 Å². The zero-order valence-corrected chi connectivity index (χ0v) is 15.4. The van der Waals surface area contributed by atoms with Gasteiger partial charge in [0.05, 0.1) is 17.4 Å². The SMILES string of the molecule is O=C(Cn1cnc2ccccc21)NCc1c(Cl)cccc1-c1ccccc1. The fourth-order valence-electron chi connectivity index (χ4n) is 3.16. The lowest BCUT2D eigenvalue weighted by atomic mass is 9.99. The summed E-state index contributed by atoms with van der Waals surface area (Å²) in [4.78, 5) is 16.8. The van der Waals surface area contributed by atoms with Crippen molar-refractivity contribution in [2.75, 3.05) is 0 Å². The molecule has 1 N–H and O–H groups in total. The maximum Gasteiger partial charge on any atom is 0.240 e. The molecule has 0 spiro atoms. The third-order valence-electron chi connectivity index (χ3n) is 4.51. The molecule has 27 heavy (non-hydrogen) atoms. The van der Waals surface area contributed by atoms with Crippen molar-refractivity contribution < 1.29 is 4.79 Å². The van der Waals surface area contributed by atoms with Gasteiger partial charge in [-0.2, -0.15) is 0 Å². The maximum absolute atomic E-state index is 12.5. The first-order chi connectivity index (χ1) is 13.2. The predicted molar refractivity (Wildman–Crippen MR) is 108 cm³/mol. The Bertz CT molecular complexity index is 1090. The zero-order chi connectivity index (χ0) is 18.6. The maximum atomic E-state index is 12.5. The molecule has 3 aromatic carbocycles. The van der Waals surface area contributed by atoms with Crippen LogP contribution in [0.4, 0.5) is 0 Å². The number of nitrogens with zero attached hydrogens (tertiary/aromatic N) is 2. The van der Waals surface area contributed by atoms with Crippen molar-refractivity contribution in [2.24, 2.45) is 0 Å². The number of hydrogen-bond donors (Lipinski definition) is 1. The van der Waals surface area contributed by atoms with Crippen molar-refractivity contribution in [3.63, 3.8) is 0 Å². The van der Waals surface area contributed by atoms with Crippen LogP contribution in [0.2, 0.25) is 5.02 Å². The molecule has 134 valence electrons. The standard InChI is InChI=1S/C22H18ClN3O/c23-19-10-6-9-17(16-7-2-1-3-8-16)18(19)13-24-22(27)14-26-15-25-20-11-4-5-12-21(20)26/h1-12,15H,13-14H2,(H,24,27). The van der Waals surface area contributed by atoms with E-state index in [1.165, 1.54) is 0 Å². The number of benzene rings is 3. The van der Waals surface area contributed by atoms with Gasteiger partial charge in [-0.25, -0.2) is 4.98 Å². The number of fused-ring (bicyclic) bond motifs is 1. The minimum absolute atomic E-state index is 0.0860. The molecule has 0 aliphatic carbocycles. The van der Waals surface area contributed by atoms with Crippen molar-refractivity contribution in [1.29, 1.82) is 0 Å². The summed E-state index contributed by atoms with van der Waals surface area (Å²) in [7, 11) is 0. The van der Waals surface area contributed by atoms with Crippen LogP contribution in [0.1, 0.15) is 5.56 Å². The van der Waals surface area contributed by atoms with E-state index in [0.717, 1.165) is 27.7 Å². The summed E-state index contributed by atoms with van der Waals surface area (Å²) in [6.07, 6.45) is 1.69. The molecule has 0 bridgehead atoms. The molecule has 4 rings (SSSR count). The van der Waals surface area contributed by atoms with Crippen LogP contribution < -0.4 is 5.32 Å². The molecule has 0 aliphatic rings. The van der Waals surface area contributed by atoms with E-state index < -0.39 is 0 Å². The Hall–Kier alpha value is -3.11. The first kappa shape index (κ1) is 17.3. The summed E-state index contributed by atoms with van der Waals surface area (Å²) in [6.45, 7) is 0.584. The summed E-state index contributed by atoms with van der Waals surface area (Å²) in [5, 5.41) is 3.62. The monoisotopic (exact) mass is 375 g/mol. The molecular formula is C22H18ClN3O. The van der Waals surface area contributed by atoms with Crippen molar-refractivity contribution in [1.82, 2.24) is 14.9 Å². The van der Waals surface area contributed by atoms with Crippen LogP contribution in [0.5, 0.6) is 0 Å². The highest BCUT2D eigenvalue weighted by molar-refractivity contribution is 6.31. The number of hydrogen-bond acceptors (Lipinski definition) is 2. The van der Waals surface area contributed by atoms with Crippen LogP contribution in [-0.4, -0.2) is 15.5 Å². The summed E-state index contributed by atoms with van der Waals surface area (Å²) in [5.41, 5.74) is 4.83. The van der Waals surface area contributed by atoms with E-state index in [0.29, 0.717) is 11.6 Å². The highest BCUT2D eigenvalue weighted by atomic mass is 35.5. The van der Waals surface area contributed by atoms with Gasteiger partial charge in [-0.05, 0) is 34.9 Å². The van der Waals surface area contributed by atoms with Gasteiger partial charge >= 0.3 is 0 Å². The molecule has 1 heterocycles. The molecule has 0 saturated carbocycles. The highest BCUT2D eigenvalue weighted by Crippen LogP contribution is 2.29. The zero-order valence-electron chi connectivity index (χ0n) is 14.6. The molecule has 0 saturated heterocycles. The number of halogens is 1. The average molecular weight is 376 g/mol. The molecule has 0 atom stereocenters. The second-order valence-electron chi connectivity index (χ2n) is 6.27. The number of carbonyl (C=O) groups is 1. The van der Waals surface area contributed by atoms with E-state index in [4.69, 9.17) is 11.6 Å². The normalized spacial score (nSPS) is 10.9. The third-order valence-corrected chi connectivity index (χ3v) is 4.86. The van der Waals surface area contributed by atoms with E-state index in [-0.39, 0.29) is 12.5 Å². The van der Waals surface area contributed by atoms with Crippen LogP contribution in [0.25, 0.3) is 22.2 Å². The fourth-order valence-corrected chi connectivity index (χ4v) is 3.40. The van der Waals surface area contributed by atoms with Gasteiger partial charge in [0.25, 0.3) is 0 Å². The Morgan fingerprint density at radius 2 is 1.74 bits per heavy atom. The molecule has 4 aromatic rings. The molecule has 0 unspecified atom stereocenters. The van der Waals surface area contributed by atoms with Gasteiger partial charge in [0.1, 0.15) is 6.54 Å². The molecule has 5 heteroatoms. The van der Waals surface area contributed by atoms with E-state index >= 15 is 0 Å². The Labute approximate surface area is 162 Å². The Morgan fingerprint density at radius 1 is 0.963 bits per heavy atom. The van der Waals surface area contributed by atoms with E-state index in [9.17, 15) is 4.79 Å². The number of para-hydroxylation sites is 2. The Morgan fingerprint density at radius 3 is 2.59 bits per heavy atom. The van der Waals surface area contributed by atoms with Gasteiger partial charge in [0.15, 0.2) is 0 Å². The third kappa shape index (κ3) is 3.71. The van der Waals surface area contributed by atoms with Gasteiger partial charge in [0, 0.05) is 11.6 Å². The summed E-state index contributed by atoms with van der Waals surface area (Å²) in [6, 6.07) is 23.6. The number of rotatable bonds is 5. The lowest BCUT2D eigenvalue weighted by molar-refractivity contribution is -0.121. The number of carbonyl (C=O) groups excluding carboxylic acids is 1. The molecule has 0 fully saturated rings. The minimum Gasteiger partial charge on any atom is -0.350 e. The second kappa shape index (κ2) is 7.64. The van der Waals surface area contributed by atoms with Crippen molar-refractivity contribution >= 4 is 28.5 Å². The van der Waals surface area contributed by atoms with Gasteiger partial charge < -0.3 is 9.88 Å². The topological polar surface area (TPSA) is 46.9 Å². The van der Waals surface area contributed by atoms with Crippen LogP contribution in [0.3, 0.4) is 0 Å². The molecule has 4 nitrogen and oxygen atoms in total. The largest absolute Gasteiger partial charge is 0.350 e. The van der Waals surface area contributed by atoms with Crippen molar-refractivity contribution in [2.45, 2.75) is 13.1 Å². The first-order valence-corrected chi connectivity index (χ1v) is 9.09. The predicted octanol–water partition coefficient (Wildman–Crippen LogP) is 4.67. The number of nitrogens with one attached hydrogen (secondary N) is 1. The summed E-state index contributed by atoms with van der Waals surface area (Å²) < 4.78 is 1.84. The Kier molecular flexibility index (Phi) is 4.90. The van der Waals surface area contributed by atoms with Crippen LogP contribution in [-0.2, 0) is 17.9 Å². The highest BCUT2D eigenvalue weighted by Gasteiger charge is 2.11. The quantitative estimate of drug-likeness (QED) is 0.550. The van der Waals surface area contributed by atoms with Gasteiger partial charge in [-0.3, -0.25) is 4.79 Å². The van der Waals surface area contributed by atoms with Gasteiger partial charge in [0.2, 0.25) is 5.91 Å². The number of aromatic nitrogens is 2. The lowest BCUT2D eigenvalue weighted by Crippen LogP contribution is -2.27. The summed E-state index contributed by atoms with van der Waals surface area (Å²) >= 11 is 6.42. The lowest BCUT2D eigenvalue weighted by Gasteiger charge is -2.13. The first-order valence-electron chi connectivity index (χ1n) is 8.72. The molecule has 0 aliphatic heterocycles. The van der Waals surface area contributed by atoms with E-state index in [2.05, 4.69) is 10.3 Å². The smallest absolute Gasteiger partial charge is 0.240 e. The number of imidazole rings is 1. The average Bonchev–Trinajstić information content (AvgIpc) is 3.10. The molecule has 1 amide bonds. The van der Waals surface area contributed by atoms with Gasteiger partial charge in [-0.15, -0.1) is 0 Å². The van der Waals surface area contributed by atoms with Crippen LogP contribution in [0.15, 0.2) is 79.1 Å². The minimum atomic E-state index is -0.0860. The number of amides is 1. The fraction of sp³-hybridized carbons (Fsp3) is 0.0909. The van der Waals surface area contributed by atoms with Gasteiger partial charge in [-0.1, -0.05) is 66.2 Å². The second-order valence-corrected chi connectivity index (χ2v) is 6.68. The van der Waals surface area contributed by atoms with Crippen molar-refractivity contribution in [3.8, 4) is 11.1 Å². The van der Waals surface area contributed by atoms with Crippen LogP contribution in [0, 0.1) is 0 Å². The molecule has 1 aromatic heterocycles. The molecular weight excluding hydrogens is 358 g/mol. The summed E-state index contributed by atoms with van der Waals surface area (Å²) in [5.74, 6) is -0.0860. The molecule has 0 radical (unpaired) electrons.